The van der Waals surface area contributed by atoms with Crippen molar-refractivity contribution in [2.45, 2.75) is 19.4 Å². The van der Waals surface area contributed by atoms with Crippen molar-refractivity contribution in [2.75, 3.05) is 12.4 Å². The highest BCUT2D eigenvalue weighted by atomic mass is 16.5. The normalized spacial score (nSPS) is 14.5. The van der Waals surface area contributed by atoms with E-state index in [1.54, 1.807) is 7.11 Å². The van der Waals surface area contributed by atoms with Crippen LogP contribution in [0, 0.1) is 6.92 Å². The van der Waals surface area contributed by atoms with E-state index in [0.29, 0.717) is 6.42 Å². The number of aliphatic hydroxyl groups is 1. The Hall–Kier alpha value is -2.33. The third kappa shape index (κ3) is 2.50. The number of anilines is 1. The molecule has 2 aromatic carbocycles. The minimum Gasteiger partial charge on any atom is -0.497 e. The second-order valence-corrected chi connectivity index (χ2v) is 5.29. The summed E-state index contributed by atoms with van der Waals surface area (Å²) in [6.07, 6.45) is -0.401. The van der Waals surface area contributed by atoms with E-state index < -0.39 is 6.10 Å². The number of methoxy groups -OCH3 is 1. The SMILES string of the molecule is COc1ccc(C(O)c2cc(C)cc3c2NC(=O)C3)cc1. The summed E-state index contributed by atoms with van der Waals surface area (Å²) in [6.45, 7) is 1.97. The van der Waals surface area contributed by atoms with Gasteiger partial charge in [0.05, 0.1) is 19.2 Å². The molecule has 1 aliphatic heterocycles. The Morgan fingerprint density at radius 2 is 1.95 bits per heavy atom. The van der Waals surface area contributed by atoms with Crippen molar-refractivity contribution in [1.82, 2.24) is 0 Å². The van der Waals surface area contributed by atoms with Gasteiger partial charge in [0.25, 0.3) is 0 Å². The second kappa shape index (κ2) is 5.22. The van der Waals surface area contributed by atoms with Crippen LogP contribution in [0.15, 0.2) is 36.4 Å². The summed E-state index contributed by atoms with van der Waals surface area (Å²) in [5, 5.41) is 13.5. The Morgan fingerprint density at radius 1 is 1.24 bits per heavy atom. The number of aryl methyl sites for hydroxylation is 1. The second-order valence-electron chi connectivity index (χ2n) is 5.29. The fourth-order valence-corrected chi connectivity index (χ4v) is 2.72. The Balaban J connectivity index is 2.01. The highest BCUT2D eigenvalue weighted by Gasteiger charge is 2.25. The minimum atomic E-state index is -0.775. The molecule has 0 radical (unpaired) electrons. The summed E-state index contributed by atoms with van der Waals surface area (Å²) in [5.74, 6) is 0.715. The van der Waals surface area contributed by atoms with Crippen LogP contribution in [0.25, 0.3) is 0 Å². The van der Waals surface area contributed by atoms with Crippen molar-refractivity contribution in [1.29, 1.82) is 0 Å². The number of carbonyl (C=O) groups excluding carboxylic acids is 1. The lowest BCUT2D eigenvalue weighted by Gasteiger charge is -2.16. The number of nitrogens with one attached hydrogen (secondary N) is 1. The standard InChI is InChI=1S/C17H17NO3/c1-10-7-12-9-15(19)18-16(12)14(8-10)17(20)11-3-5-13(21-2)6-4-11/h3-8,17,20H,9H2,1-2H3,(H,18,19). The smallest absolute Gasteiger partial charge is 0.228 e. The largest absolute Gasteiger partial charge is 0.497 e. The fraction of sp³-hybridized carbons (Fsp3) is 0.235. The molecule has 1 heterocycles. The summed E-state index contributed by atoms with van der Waals surface area (Å²) >= 11 is 0. The maximum Gasteiger partial charge on any atom is 0.228 e. The molecule has 4 nitrogen and oxygen atoms in total. The summed E-state index contributed by atoms with van der Waals surface area (Å²) in [5.41, 5.74) is 4.23. The van der Waals surface area contributed by atoms with Gasteiger partial charge >= 0.3 is 0 Å². The van der Waals surface area contributed by atoms with E-state index in [1.165, 1.54) is 0 Å². The molecule has 0 fully saturated rings. The van der Waals surface area contributed by atoms with Gasteiger partial charge in [0, 0.05) is 5.56 Å². The topological polar surface area (TPSA) is 58.6 Å². The maximum absolute atomic E-state index is 11.6. The van der Waals surface area contributed by atoms with Crippen LogP contribution in [-0.4, -0.2) is 18.1 Å². The van der Waals surface area contributed by atoms with E-state index in [-0.39, 0.29) is 5.91 Å². The lowest BCUT2D eigenvalue weighted by molar-refractivity contribution is -0.115. The van der Waals surface area contributed by atoms with Gasteiger partial charge in [-0.3, -0.25) is 4.79 Å². The number of amides is 1. The summed E-state index contributed by atoms with van der Waals surface area (Å²) in [4.78, 5) is 11.6. The molecule has 21 heavy (non-hydrogen) atoms. The molecular weight excluding hydrogens is 266 g/mol. The van der Waals surface area contributed by atoms with Gasteiger partial charge in [-0.15, -0.1) is 0 Å². The molecule has 2 N–H and O–H groups in total. The van der Waals surface area contributed by atoms with Crippen LogP contribution >= 0.6 is 0 Å². The number of rotatable bonds is 3. The molecule has 1 atom stereocenters. The molecule has 108 valence electrons. The first-order valence-corrected chi connectivity index (χ1v) is 6.84. The molecule has 0 saturated heterocycles. The number of ether oxygens (including phenoxy) is 1. The van der Waals surface area contributed by atoms with Gasteiger partial charge in [-0.2, -0.15) is 0 Å². The zero-order valence-electron chi connectivity index (χ0n) is 12.0. The molecular formula is C17H17NO3. The lowest BCUT2D eigenvalue weighted by atomic mass is 9.95. The molecule has 0 saturated carbocycles. The van der Waals surface area contributed by atoms with Crippen LogP contribution in [0.4, 0.5) is 5.69 Å². The lowest BCUT2D eigenvalue weighted by Crippen LogP contribution is -2.07. The third-order valence-corrected chi connectivity index (χ3v) is 3.74. The molecule has 0 aromatic heterocycles. The molecule has 4 heteroatoms. The highest BCUT2D eigenvalue weighted by molar-refractivity contribution is 6.00. The van der Waals surface area contributed by atoms with Gasteiger partial charge in [0.15, 0.2) is 0 Å². The van der Waals surface area contributed by atoms with Crippen molar-refractivity contribution in [2.24, 2.45) is 0 Å². The van der Waals surface area contributed by atoms with Crippen LogP contribution in [0.2, 0.25) is 0 Å². The predicted molar refractivity (Wildman–Crippen MR) is 80.6 cm³/mol. The van der Waals surface area contributed by atoms with E-state index in [1.807, 2.05) is 43.3 Å². The third-order valence-electron chi connectivity index (χ3n) is 3.74. The first-order valence-electron chi connectivity index (χ1n) is 6.84. The molecule has 0 spiro atoms. The van der Waals surface area contributed by atoms with Gasteiger partial charge in [-0.1, -0.05) is 29.8 Å². The van der Waals surface area contributed by atoms with Gasteiger partial charge in [-0.05, 0) is 30.2 Å². The fourth-order valence-electron chi connectivity index (χ4n) is 2.72. The van der Waals surface area contributed by atoms with Crippen molar-refractivity contribution < 1.29 is 14.6 Å². The van der Waals surface area contributed by atoms with E-state index in [4.69, 9.17) is 4.74 Å². The van der Waals surface area contributed by atoms with Gasteiger partial charge in [0.1, 0.15) is 11.9 Å². The number of carbonyl (C=O) groups is 1. The highest BCUT2D eigenvalue weighted by Crippen LogP contribution is 2.35. The van der Waals surface area contributed by atoms with E-state index in [2.05, 4.69) is 5.32 Å². The van der Waals surface area contributed by atoms with Crippen molar-refractivity contribution in [3.63, 3.8) is 0 Å². The summed E-state index contributed by atoms with van der Waals surface area (Å²) < 4.78 is 5.12. The number of fused-ring (bicyclic) bond motifs is 1. The van der Waals surface area contributed by atoms with Crippen molar-refractivity contribution in [3.05, 3.63) is 58.7 Å². The maximum atomic E-state index is 11.6. The zero-order valence-corrected chi connectivity index (χ0v) is 12.0. The van der Waals surface area contributed by atoms with Gasteiger partial charge < -0.3 is 15.2 Å². The Morgan fingerprint density at radius 3 is 2.62 bits per heavy atom. The Labute approximate surface area is 123 Å². The average molecular weight is 283 g/mol. The molecule has 3 rings (SSSR count). The van der Waals surface area contributed by atoms with Gasteiger partial charge in [0.2, 0.25) is 5.91 Å². The molecule has 2 aromatic rings. The first kappa shape index (κ1) is 13.6. The number of benzene rings is 2. The van der Waals surface area contributed by atoms with Crippen LogP contribution in [-0.2, 0) is 11.2 Å². The predicted octanol–water partition coefficient (Wildman–Crippen LogP) is 2.58. The molecule has 0 bridgehead atoms. The van der Waals surface area contributed by atoms with Crippen LogP contribution in [0.3, 0.4) is 0 Å². The van der Waals surface area contributed by atoms with Crippen LogP contribution < -0.4 is 10.1 Å². The summed E-state index contributed by atoms with van der Waals surface area (Å²) in [7, 11) is 1.61. The monoisotopic (exact) mass is 283 g/mol. The van der Waals surface area contributed by atoms with E-state index in [0.717, 1.165) is 33.7 Å². The first-order chi connectivity index (χ1) is 10.1. The van der Waals surface area contributed by atoms with Crippen LogP contribution in [0.5, 0.6) is 5.75 Å². The Bertz CT molecular complexity index is 692. The molecule has 1 unspecified atom stereocenters. The average Bonchev–Trinajstić information content (AvgIpc) is 2.85. The Kier molecular flexibility index (Phi) is 3.39. The van der Waals surface area contributed by atoms with Crippen LogP contribution in [0.1, 0.15) is 28.4 Å². The molecule has 1 aliphatic rings. The summed E-state index contributed by atoms with van der Waals surface area (Å²) in [6, 6.07) is 11.2. The number of hydrogen-bond acceptors (Lipinski definition) is 3. The van der Waals surface area contributed by atoms with Crippen molar-refractivity contribution >= 4 is 11.6 Å². The minimum absolute atomic E-state index is 0.0289. The number of aliphatic hydroxyl groups excluding tert-OH is 1. The van der Waals surface area contributed by atoms with Gasteiger partial charge in [-0.25, -0.2) is 0 Å². The quantitative estimate of drug-likeness (QED) is 0.910. The zero-order chi connectivity index (χ0) is 15.0. The molecule has 0 aliphatic carbocycles. The van der Waals surface area contributed by atoms with E-state index in [9.17, 15) is 9.90 Å². The molecule has 1 amide bonds. The van der Waals surface area contributed by atoms with Crippen molar-refractivity contribution in [3.8, 4) is 5.75 Å². The number of hydrogen-bond donors (Lipinski definition) is 2. The van der Waals surface area contributed by atoms with E-state index >= 15 is 0 Å².